The van der Waals surface area contributed by atoms with E-state index >= 15 is 0 Å². The molecule has 0 aliphatic carbocycles. The van der Waals surface area contributed by atoms with E-state index in [-0.39, 0.29) is 11.5 Å². The Labute approximate surface area is 223 Å². The molecular weight excluding hydrogens is 482 g/mol. The Balaban J connectivity index is 1.72. The van der Waals surface area contributed by atoms with Crippen molar-refractivity contribution in [2.75, 3.05) is 38.2 Å². The van der Waals surface area contributed by atoms with E-state index < -0.39 is 5.60 Å². The summed E-state index contributed by atoms with van der Waals surface area (Å²) in [6, 6.07) is 13.1. The molecule has 8 heteroatoms. The first-order chi connectivity index (χ1) is 18.0. The molecule has 1 aliphatic rings. The van der Waals surface area contributed by atoms with Gasteiger partial charge in [0.2, 0.25) is 5.91 Å². The van der Waals surface area contributed by atoms with E-state index in [1.165, 1.54) is 10.6 Å². The lowest BCUT2D eigenvalue weighted by molar-refractivity contribution is -0.134. The van der Waals surface area contributed by atoms with Crippen molar-refractivity contribution in [3.8, 4) is 22.6 Å². The molecule has 0 atom stereocenters. The number of rotatable bonds is 8. The summed E-state index contributed by atoms with van der Waals surface area (Å²) >= 11 is 0. The van der Waals surface area contributed by atoms with Crippen molar-refractivity contribution in [3.05, 3.63) is 75.7 Å². The van der Waals surface area contributed by atoms with E-state index in [1.54, 1.807) is 32.0 Å². The largest absolute Gasteiger partial charge is 0.456 e. The highest BCUT2D eigenvalue weighted by molar-refractivity contribution is 5.83. The molecule has 1 aromatic heterocycles. The molecule has 3 aromatic rings. The van der Waals surface area contributed by atoms with Crippen LogP contribution in [0.1, 0.15) is 37.0 Å². The summed E-state index contributed by atoms with van der Waals surface area (Å²) in [5.74, 6) is 1.41. The van der Waals surface area contributed by atoms with Crippen LogP contribution in [0.2, 0.25) is 0 Å². The van der Waals surface area contributed by atoms with Gasteiger partial charge in [-0.1, -0.05) is 24.3 Å². The van der Waals surface area contributed by atoms with Crippen LogP contribution >= 0.6 is 0 Å². The zero-order valence-corrected chi connectivity index (χ0v) is 22.8. The van der Waals surface area contributed by atoms with Crippen LogP contribution in [0, 0.1) is 13.8 Å². The minimum absolute atomic E-state index is 0.0502. The number of para-hydroxylation sites is 1. The third kappa shape index (κ3) is 6.26. The summed E-state index contributed by atoms with van der Waals surface area (Å²) in [6.45, 7) is 10.1. The van der Waals surface area contributed by atoms with Gasteiger partial charge in [-0.3, -0.25) is 9.59 Å². The third-order valence-electron chi connectivity index (χ3n) is 6.84. The summed E-state index contributed by atoms with van der Waals surface area (Å²) in [5.41, 5.74) is 3.52. The summed E-state index contributed by atoms with van der Waals surface area (Å²) in [7, 11) is 1.70. The van der Waals surface area contributed by atoms with Crippen LogP contribution < -0.4 is 15.6 Å². The molecule has 1 amide bonds. The fraction of sp³-hybridized carbons (Fsp3) is 0.400. The van der Waals surface area contributed by atoms with Crippen molar-refractivity contribution >= 4 is 11.6 Å². The summed E-state index contributed by atoms with van der Waals surface area (Å²) in [5, 5.41) is 14.1. The number of pyridine rings is 1. The minimum Gasteiger partial charge on any atom is -0.456 e. The van der Waals surface area contributed by atoms with Crippen LogP contribution in [-0.2, 0) is 22.2 Å². The average Bonchev–Trinajstić information content (AvgIpc) is 2.88. The van der Waals surface area contributed by atoms with E-state index in [2.05, 4.69) is 5.32 Å². The number of benzene rings is 2. The lowest BCUT2D eigenvalue weighted by Crippen LogP contribution is -2.41. The van der Waals surface area contributed by atoms with Gasteiger partial charge in [-0.2, -0.15) is 0 Å². The molecule has 0 bridgehead atoms. The van der Waals surface area contributed by atoms with Gasteiger partial charge in [-0.25, -0.2) is 0 Å². The molecular formula is C30H37N3O5. The number of carbonyl (C=O) groups excluding carboxylic acids is 1. The highest BCUT2D eigenvalue weighted by atomic mass is 16.5. The van der Waals surface area contributed by atoms with Crippen LogP contribution in [0.15, 0.2) is 53.5 Å². The van der Waals surface area contributed by atoms with Crippen LogP contribution in [-0.4, -0.2) is 53.3 Å². The zero-order valence-electron chi connectivity index (χ0n) is 22.8. The van der Waals surface area contributed by atoms with Crippen molar-refractivity contribution in [3.63, 3.8) is 0 Å². The first-order valence-corrected chi connectivity index (χ1v) is 13.0. The Bertz CT molecular complexity index is 1350. The molecule has 2 heterocycles. The topological polar surface area (TPSA) is 93.0 Å². The van der Waals surface area contributed by atoms with E-state index in [0.717, 1.165) is 28.0 Å². The molecule has 0 saturated carbocycles. The number of ether oxygens (including phenoxy) is 2. The predicted octanol–water partition coefficient (Wildman–Crippen LogP) is 4.35. The molecule has 202 valence electrons. The molecule has 0 unspecified atom stereocenters. The summed E-state index contributed by atoms with van der Waals surface area (Å²) in [4.78, 5) is 27.1. The number of aliphatic hydroxyl groups is 1. The number of aromatic nitrogens is 1. The van der Waals surface area contributed by atoms with Gasteiger partial charge < -0.3 is 29.4 Å². The van der Waals surface area contributed by atoms with E-state index in [0.29, 0.717) is 56.3 Å². The Morgan fingerprint density at radius 2 is 1.76 bits per heavy atom. The number of anilines is 1. The first kappa shape index (κ1) is 27.4. The number of nitrogens with one attached hydrogen (secondary N) is 1. The SMILES string of the molecule is Cc1cccc(C)c1Oc1ccc(C(C)(C)O)cc1-c1cn(C)c(=O)cc1NCCC(=O)N1CCOCC1. The number of hydrogen-bond acceptors (Lipinski definition) is 6. The van der Waals surface area contributed by atoms with Gasteiger partial charge >= 0.3 is 0 Å². The Morgan fingerprint density at radius 3 is 2.42 bits per heavy atom. The number of amides is 1. The third-order valence-corrected chi connectivity index (χ3v) is 6.84. The van der Waals surface area contributed by atoms with Gasteiger partial charge in [0.15, 0.2) is 0 Å². The second-order valence-corrected chi connectivity index (χ2v) is 10.3. The fourth-order valence-electron chi connectivity index (χ4n) is 4.55. The minimum atomic E-state index is -1.08. The van der Waals surface area contributed by atoms with Crippen molar-refractivity contribution in [1.29, 1.82) is 0 Å². The molecule has 38 heavy (non-hydrogen) atoms. The lowest BCUT2D eigenvalue weighted by Gasteiger charge is -2.27. The van der Waals surface area contributed by atoms with Gasteiger partial charge in [-0.15, -0.1) is 0 Å². The van der Waals surface area contributed by atoms with Crippen LogP contribution in [0.25, 0.3) is 11.1 Å². The van der Waals surface area contributed by atoms with Crippen LogP contribution in [0.3, 0.4) is 0 Å². The second-order valence-electron chi connectivity index (χ2n) is 10.3. The number of nitrogens with zero attached hydrogens (tertiary/aromatic N) is 2. The molecule has 2 aromatic carbocycles. The molecule has 8 nitrogen and oxygen atoms in total. The first-order valence-electron chi connectivity index (χ1n) is 13.0. The maximum absolute atomic E-state index is 12.7. The highest BCUT2D eigenvalue weighted by Gasteiger charge is 2.22. The monoisotopic (exact) mass is 519 g/mol. The Morgan fingerprint density at radius 1 is 1.08 bits per heavy atom. The molecule has 1 fully saturated rings. The van der Waals surface area contributed by atoms with E-state index in [4.69, 9.17) is 9.47 Å². The second kappa shape index (κ2) is 11.4. The Hall–Kier alpha value is -3.62. The molecule has 1 aliphatic heterocycles. The van der Waals surface area contributed by atoms with Crippen LogP contribution in [0.4, 0.5) is 5.69 Å². The quantitative estimate of drug-likeness (QED) is 0.460. The maximum Gasteiger partial charge on any atom is 0.252 e. The lowest BCUT2D eigenvalue weighted by atomic mass is 9.93. The predicted molar refractivity (Wildman–Crippen MR) is 149 cm³/mol. The van der Waals surface area contributed by atoms with Gasteiger partial charge in [0.25, 0.3) is 5.56 Å². The van der Waals surface area contributed by atoms with Gasteiger partial charge in [-0.05, 0) is 56.5 Å². The fourth-order valence-corrected chi connectivity index (χ4v) is 4.55. The maximum atomic E-state index is 12.7. The normalized spacial score (nSPS) is 13.9. The molecule has 0 radical (unpaired) electrons. The van der Waals surface area contributed by atoms with Crippen molar-refractivity contribution in [2.45, 2.75) is 39.7 Å². The number of aryl methyl sites for hydroxylation is 3. The number of carbonyl (C=O) groups is 1. The van der Waals surface area contributed by atoms with Gasteiger partial charge in [0.1, 0.15) is 11.5 Å². The Kier molecular flexibility index (Phi) is 8.23. The smallest absolute Gasteiger partial charge is 0.252 e. The summed E-state index contributed by atoms with van der Waals surface area (Å²) < 4.78 is 13.3. The number of morpholine rings is 1. The molecule has 0 spiro atoms. The standard InChI is InChI=1S/C30H37N3O5/c1-20-7-6-8-21(2)29(20)38-26-10-9-22(30(3,4)36)17-23(26)24-19-32(5)28(35)18-25(24)31-12-11-27(34)33-13-15-37-16-14-33/h6-10,17-19,31,36H,11-16H2,1-5H3. The van der Waals surface area contributed by atoms with Crippen molar-refractivity contribution in [1.82, 2.24) is 9.47 Å². The van der Waals surface area contributed by atoms with Gasteiger partial charge in [0, 0.05) is 62.2 Å². The van der Waals surface area contributed by atoms with Crippen LogP contribution in [0.5, 0.6) is 11.5 Å². The van der Waals surface area contributed by atoms with Gasteiger partial charge in [0.05, 0.1) is 18.8 Å². The highest BCUT2D eigenvalue weighted by Crippen LogP contribution is 2.40. The zero-order chi connectivity index (χ0) is 27.4. The molecule has 2 N–H and O–H groups in total. The average molecular weight is 520 g/mol. The van der Waals surface area contributed by atoms with Crippen molar-refractivity contribution < 1.29 is 19.4 Å². The number of hydrogen-bond donors (Lipinski definition) is 2. The molecule has 1 saturated heterocycles. The van der Waals surface area contributed by atoms with Crippen molar-refractivity contribution in [2.24, 2.45) is 7.05 Å². The summed E-state index contributed by atoms with van der Waals surface area (Å²) in [6.07, 6.45) is 2.06. The molecule has 4 rings (SSSR count). The van der Waals surface area contributed by atoms with E-state index in [9.17, 15) is 14.7 Å². The van der Waals surface area contributed by atoms with E-state index in [1.807, 2.05) is 50.2 Å².